The number of hydrogen-bond acceptors (Lipinski definition) is 3. The molecule has 6 nitrogen and oxygen atoms in total. The molecule has 0 spiro atoms. The van der Waals surface area contributed by atoms with Crippen LogP contribution in [0.1, 0.15) is 20.7 Å². The van der Waals surface area contributed by atoms with Crippen LogP contribution in [0.2, 0.25) is 0 Å². The second kappa shape index (κ2) is 12.3. The molecule has 8 aromatic carbocycles. The Hall–Kier alpha value is -7.18. The number of carboxylic acids is 2. The van der Waals surface area contributed by atoms with Gasteiger partial charge in [-0.05, 0) is 105 Å². The molecule has 0 aliphatic heterocycles. The number of aromatic carboxylic acids is 2. The maximum Gasteiger partial charge on any atom is 0.335 e. The molecule has 0 radical (unpaired) electrons. The van der Waals surface area contributed by atoms with Crippen LogP contribution in [-0.2, 0) is 0 Å². The molecule has 0 fully saturated rings. The number of fused-ring (bicyclic) bond motifs is 5. The summed E-state index contributed by atoms with van der Waals surface area (Å²) < 4.78 is 2.28. The summed E-state index contributed by atoms with van der Waals surface area (Å²) in [5.41, 5.74) is 8.74. The smallest absolute Gasteiger partial charge is 0.335 e. The van der Waals surface area contributed by atoms with Crippen molar-refractivity contribution in [2.75, 3.05) is 5.32 Å². The predicted octanol–water partition coefficient (Wildman–Crippen LogP) is 11.6. The maximum atomic E-state index is 12.2. The summed E-state index contributed by atoms with van der Waals surface area (Å²) in [6.07, 6.45) is 0. The number of anilines is 2. The average molecular weight is 675 g/mol. The minimum Gasteiger partial charge on any atom is -0.478 e. The van der Waals surface area contributed by atoms with Crippen molar-refractivity contribution < 1.29 is 19.8 Å². The molecular formula is C46H30N2O4. The Morgan fingerprint density at radius 2 is 1.02 bits per heavy atom. The largest absolute Gasteiger partial charge is 0.478 e. The molecular weight excluding hydrogens is 645 g/mol. The van der Waals surface area contributed by atoms with Crippen molar-refractivity contribution in [2.45, 2.75) is 0 Å². The van der Waals surface area contributed by atoms with E-state index in [0.29, 0.717) is 0 Å². The lowest BCUT2D eigenvalue weighted by Crippen LogP contribution is -1.99. The van der Waals surface area contributed by atoms with Gasteiger partial charge in [0.05, 0.1) is 22.2 Å². The zero-order valence-corrected chi connectivity index (χ0v) is 27.7. The summed E-state index contributed by atoms with van der Waals surface area (Å²) in [5, 5.41) is 29.5. The second-order valence-electron chi connectivity index (χ2n) is 12.8. The van der Waals surface area contributed by atoms with Crippen molar-refractivity contribution in [1.82, 2.24) is 4.57 Å². The van der Waals surface area contributed by atoms with Crippen LogP contribution in [0, 0.1) is 0 Å². The Morgan fingerprint density at radius 3 is 1.71 bits per heavy atom. The SMILES string of the molecule is O=C(O)c1cccc(-c2c3ccccc3c(-c3cccc(C(=O)O)c3)c3c(Nc4ccc5c(c4)c4ccccc4n5-c4ccccc4)cccc23)c1. The summed E-state index contributed by atoms with van der Waals surface area (Å²) in [5.74, 6) is -2.00. The minimum atomic E-state index is -1.00. The van der Waals surface area contributed by atoms with Crippen LogP contribution in [0.15, 0.2) is 164 Å². The van der Waals surface area contributed by atoms with Gasteiger partial charge in [-0.1, -0.05) is 97.1 Å². The number of para-hydroxylation sites is 2. The molecule has 0 saturated heterocycles. The zero-order valence-electron chi connectivity index (χ0n) is 27.7. The highest BCUT2D eigenvalue weighted by Gasteiger charge is 2.21. The number of nitrogens with one attached hydrogen (secondary N) is 1. The summed E-state index contributed by atoms with van der Waals surface area (Å²) in [7, 11) is 0. The Morgan fingerprint density at radius 1 is 0.462 bits per heavy atom. The fourth-order valence-electron chi connectivity index (χ4n) is 7.62. The van der Waals surface area contributed by atoms with E-state index in [-0.39, 0.29) is 11.1 Å². The number of hydrogen-bond donors (Lipinski definition) is 3. The van der Waals surface area contributed by atoms with E-state index >= 15 is 0 Å². The fraction of sp³-hybridized carbons (Fsp3) is 0. The van der Waals surface area contributed by atoms with E-state index in [9.17, 15) is 19.8 Å². The van der Waals surface area contributed by atoms with Crippen LogP contribution in [0.25, 0.3) is 71.3 Å². The quantitative estimate of drug-likeness (QED) is 0.146. The molecule has 0 atom stereocenters. The van der Waals surface area contributed by atoms with Gasteiger partial charge in [-0.15, -0.1) is 0 Å². The monoisotopic (exact) mass is 674 g/mol. The fourth-order valence-corrected chi connectivity index (χ4v) is 7.62. The Labute approximate surface area is 298 Å². The lowest BCUT2D eigenvalue weighted by molar-refractivity contribution is 0.0686. The van der Waals surface area contributed by atoms with E-state index in [2.05, 4.69) is 70.5 Å². The van der Waals surface area contributed by atoms with Gasteiger partial charge in [-0.25, -0.2) is 9.59 Å². The molecule has 9 aromatic rings. The molecule has 0 amide bonds. The van der Waals surface area contributed by atoms with Crippen LogP contribution in [0.5, 0.6) is 0 Å². The molecule has 3 N–H and O–H groups in total. The lowest BCUT2D eigenvalue weighted by atomic mass is 9.84. The molecule has 0 unspecified atom stereocenters. The average Bonchev–Trinajstić information content (AvgIpc) is 3.51. The number of nitrogens with zero attached hydrogens (tertiary/aromatic N) is 1. The molecule has 0 aliphatic carbocycles. The van der Waals surface area contributed by atoms with Gasteiger partial charge in [-0.3, -0.25) is 0 Å². The summed E-state index contributed by atoms with van der Waals surface area (Å²) >= 11 is 0. The number of aromatic nitrogens is 1. The molecule has 1 heterocycles. The molecule has 6 heteroatoms. The minimum absolute atomic E-state index is 0.193. The van der Waals surface area contributed by atoms with Crippen LogP contribution >= 0.6 is 0 Å². The van der Waals surface area contributed by atoms with Crippen molar-refractivity contribution in [3.05, 3.63) is 175 Å². The second-order valence-corrected chi connectivity index (χ2v) is 12.8. The van der Waals surface area contributed by atoms with Crippen LogP contribution in [0.3, 0.4) is 0 Å². The van der Waals surface area contributed by atoms with E-state index < -0.39 is 11.9 Å². The third-order valence-electron chi connectivity index (χ3n) is 9.81. The van der Waals surface area contributed by atoms with Crippen molar-refractivity contribution in [1.29, 1.82) is 0 Å². The van der Waals surface area contributed by atoms with Crippen molar-refractivity contribution in [3.8, 4) is 27.9 Å². The number of carbonyl (C=O) groups is 2. The highest BCUT2D eigenvalue weighted by Crippen LogP contribution is 2.47. The Kier molecular flexibility index (Phi) is 7.30. The van der Waals surface area contributed by atoms with Gasteiger partial charge in [0, 0.05) is 33.2 Å². The first kappa shape index (κ1) is 30.8. The topological polar surface area (TPSA) is 91.6 Å². The molecule has 0 bridgehead atoms. The van der Waals surface area contributed by atoms with Crippen LogP contribution in [-0.4, -0.2) is 26.7 Å². The van der Waals surface area contributed by atoms with Gasteiger partial charge >= 0.3 is 11.9 Å². The number of rotatable bonds is 7. The molecule has 1 aromatic heterocycles. The van der Waals surface area contributed by atoms with Crippen molar-refractivity contribution in [3.63, 3.8) is 0 Å². The van der Waals surface area contributed by atoms with E-state index in [0.717, 1.165) is 82.7 Å². The van der Waals surface area contributed by atoms with Crippen molar-refractivity contribution >= 4 is 66.7 Å². The van der Waals surface area contributed by atoms with Gasteiger partial charge < -0.3 is 20.1 Å². The third kappa shape index (κ3) is 5.05. The van der Waals surface area contributed by atoms with Crippen LogP contribution < -0.4 is 5.32 Å². The van der Waals surface area contributed by atoms with E-state index in [1.54, 1.807) is 36.4 Å². The van der Waals surface area contributed by atoms with Crippen molar-refractivity contribution in [2.24, 2.45) is 0 Å². The van der Waals surface area contributed by atoms with Gasteiger partial charge in [0.15, 0.2) is 0 Å². The summed E-state index contributed by atoms with van der Waals surface area (Å²) in [6.45, 7) is 0. The molecule has 9 rings (SSSR count). The van der Waals surface area contributed by atoms with E-state index in [1.807, 2.05) is 66.7 Å². The van der Waals surface area contributed by atoms with Gasteiger partial charge in [-0.2, -0.15) is 0 Å². The Bertz CT molecular complexity index is 2890. The van der Waals surface area contributed by atoms with E-state index in [1.165, 1.54) is 0 Å². The molecule has 0 aliphatic rings. The molecule has 248 valence electrons. The first-order valence-electron chi connectivity index (χ1n) is 17.0. The zero-order chi connectivity index (χ0) is 35.3. The highest BCUT2D eigenvalue weighted by molar-refractivity contribution is 6.25. The van der Waals surface area contributed by atoms with Gasteiger partial charge in [0.1, 0.15) is 0 Å². The summed E-state index contributed by atoms with van der Waals surface area (Å²) in [6, 6.07) is 53.3. The highest BCUT2D eigenvalue weighted by atomic mass is 16.4. The molecule has 52 heavy (non-hydrogen) atoms. The first-order chi connectivity index (χ1) is 25.5. The van der Waals surface area contributed by atoms with Gasteiger partial charge in [0.25, 0.3) is 0 Å². The third-order valence-corrected chi connectivity index (χ3v) is 9.81. The standard InChI is InChI=1S/C46H30N2O4/c49-45(50)30-13-8-11-28(25-30)42-35-18-4-5-19-36(35)43(29-12-9-14-31(26-29)46(51)52)44-37(42)20-10-21-39(44)47-32-23-24-41-38(27-32)34-17-6-7-22-40(34)48(41)33-15-2-1-3-16-33/h1-27,47H,(H,49,50)(H,51,52). The van der Waals surface area contributed by atoms with Gasteiger partial charge in [0.2, 0.25) is 0 Å². The number of carboxylic acid groups (broad SMARTS) is 2. The van der Waals surface area contributed by atoms with E-state index in [4.69, 9.17) is 0 Å². The van der Waals surface area contributed by atoms with Crippen LogP contribution in [0.4, 0.5) is 11.4 Å². The lowest BCUT2D eigenvalue weighted by Gasteiger charge is -2.21. The first-order valence-corrected chi connectivity index (χ1v) is 17.0. The molecule has 0 saturated carbocycles. The maximum absolute atomic E-state index is 12.2. The predicted molar refractivity (Wildman–Crippen MR) is 210 cm³/mol. The normalized spacial score (nSPS) is 11.4. The Balaban J connectivity index is 1.32. The number of benzene rings is 8. The summed E-state index contributed by atoms with van der Waals surface area (Å²) in [4.78, 5) is 24.3.